The Morgan fingerprint density at radius 2 is 1.87 bits per heavy atom. The summed E-state index contributed by atoms with van der Waals surface area (Å²) in [6.45, 7) is 0.729. The molecule has 0 unspecified atom stereocenters. The van der Waals surface area contributed by atoms with Gasteiger partial charge in [0.1, 0.15) is 0 Å². The van der Waals surface area contributed by atoms with Crippen LogP contribution in [0.15, 0.2) is 35.8 Å². The molecule has 0 aliphatic rings. The first kappa shape index (κ1) is 20.0. The molecule has 2 heterocycles. The molecular formula is C14H15Cl3N4S2. The number of nitrogens with zero attached hydrogens (tertiary/aromatic N) is 2. The Hall–Kier alpha value is -1.05. The number of thiazole rings is 2. The first-order valence-corrected chi connectivity index (χ1v) is 8.40. The summed E-state index contributed by atoms with van der Waals surface area (Å²) in [4.78, 5) is 10.0. The van der Waals surface area contributed by atoms with E-state index < -0.39 is 0 Å². The maximum absolute atomic E-state index is 5.90. The number of rotatable bonds is 5. The van der Waals surface area contributed by atoms with Crippen molar-refractivity contribution in [2.75, 3.05) is 17.7 Å². The van der Waals surface area contributed by atoms with Crippen LogP contribution in [0, 0.1) is 0 Å². The molecule has 2 aromatic heterocycles. The Bertz CT molecular complexity index is 728. The normalized spacial score (nSPS) is 9.65. The monoisotopic (exact) mass is 408 g/mol. The molecule has 0 aliphatic heterocycles. The van der Waals surface area contributed by atoms with Crippen molar-refractivity contribution < 1.29 is 0 Å². The number of aromatic nitrogens is 2. The lowest BCUT2D eigenvalue weighted by molar-refractivity contribution is 1.16. The van der Waals surface area contributed by atoms with Crippen molar-refractivity contribution in [2.45, 2.75) is 6.54 Å². The molecule has 1 aromatic carbocycles. The highest BCUT2D eigenvalue weighted by Gasteiger charge is 2.05. The number of benzene rings is 1. The molecule has 0 saturated carbocycles. The number of hydrogen-bond acceptors (Lipinski definition) is 6. The lowest BCUT2D eigenvalue weighted by Gasteiger charge is -1.99. The summed E-state index contributed by atoms with van der Waals surface area (Å²) < 4.78 is 0. The topological polar surface area (TPSA) is 49.8 Å². The Labute approximate surface area is 160 Å². The van der Waals surface area contributed by atoms with Crippen molar-refractivity contribution in [2.24, 2.45) is 0 Å². The fraction of sp³-hybridized carbons (Fsp3) is 0.143. The van der Waals surface area contributed by atoms with E-state index in [0.29, 0.717) is 0 Å². The van der Waals surface area contributed by atoms with E-state index in [1.165, 1.54) is 4.88 Å². The minimum atomic E-state index is 0. The fourth-order valence-electron chi connectivity index (χ4n) is 1.78. The van der Waals surface area contributed by atoms with E-state index in [2.05, 4.69) is 20.6 Å². The maximum Gasteiger partial charge on any atom is 0.183 e. The zero-order valence-corrected chi connectivity index (χ0v) is 16.1. The van der Waals surface area contributed by atoms with Gasteiger partial charge in [-0.15, -0.1) is 47.5 Å². The maximum atomic E-state index is 5.90. The Kier molecular flexibility index (Phi) is 8.08. The van der Waals surface area contributed by atoms with Crippen LogP contribution >= 0.6 is 59.1 Å². The van der Waals surface area contributed by atoms with Crippen LogP contribution in [0.4, 0.5) is 10.3 Å². The van der Waals surface area contributed by atoms with E-state index in [-0.39, 0.29) is 24.8 Å². The lowest BCUT2D eigenvalue weighted by Crippen LogP contribution is -1.96. The van der Waals surface area contributed by atoms with Crippen molar-refractivity contribution in [3.05, 3.63) is 45.7 Å². The summed E-state index contributed by atoms with van der Waals surface area (Å²) in [5.74, 6) is 0. The minimum Gasteiger partial charge on any atom is -0.365 e. The molecule has 0 atom stereocenters. The van der Waals surface area contributed by atoms with E-state index in [4.69, 9.17) is 11.6 Å². The van der Waals surface area contributed by atoms with Gasteiger partial charge in [-0.2, -0.15) is 0 Å². The molecule has 0 saturated heterocycles. The van der Waals surface area contributed by atoms with Crippen LogP contribution in [-0.2, 0) is 6.54 Å². The highest BCUT2D eigenvalue weighted by Crippen LogP contribution is 2.27. The number of anilines is 2. The molecule has 0 aliphatic carbocycles. The molecule has 4 nitrogen and oxygen atoms in total. The Morgan fingerprint density at radius 1 is 1.13 bits per heavy atom. The number of hydrogen-bond donors (Lipinski definition) is 2. The van der Waals surface area contributed by atoms with Crippen molar-refractivity contribution in [3.8, 4) is 11.3 Å². The van der Waals surface area contributed by atoms with E-state index >= 15 is 0 Å². The molecule has 23 heavy (non-hydrogen) atoms. The quantitative estimate of drug-likeness (QED) is 0.591. The third-order valence-corrected chi connectivity index (χ3v) is 4.89. The van der Waals surface area contributed by atoms with Gasteiger partial charge in [0, 0.05) is 34.1 Å². The van der Waals surface area contributed by atoms with E-state index in [1.807, 2.05) is 42.9 Å². The van der Waals surface area contributed by atoms with Gasteiger partial charge >= 0.3 is 0 Å². The van der Waals surface area contributed by atoms with Gasteiger partial charge in [-0.25, -0.2) is 9.97 Å². The molecule has 0 fully saturated rings. The molecule has 3 aromatic rings. The predicted molar refractivity (Wildman–Crippen MR) is 106 cm³/mol. The first-order valence-electron chi connectivity index (χ1n) is 6.32. The standard InChI is InChI=1S/C14H13ClN4S2.2ClH/c1-16-13-17-6-11(21-13)7-18-14-19-12(8-20-14)9-2-4-10(15)5-3-9;;/h2-6,8H,7H2,1H3,(H,16,17)(H,18,19);2*1H. The third kappa shape index (κ3) is 5.22. The second-order valence-corrected chi connectivity index (χ2v) is 6.69. The lowest BCUT2D eigenvalue weighted by atomic mass is 10.2. The molecule has 0 spiro atoms. The second kappa shape index (κ2) is 9.30. The summed E-state index contributed by atoms with van der Waals surface area (Å²) in [6.07, 6.45) is 1.87. The van der Waals surface area contributed by atoms with Gasteiger partial charge in [0.15, 0.2) is 10.3 Å². The van der Waals surface area contributed by atoms with Crippen LogP contribution < -0.4 is 10.6 Å². The second-order valence-electron chi connectivity index (χ2n) is 4.28. The van der Waals surface area contributed by atoms with Gasteiger partial charge in [-0.3, -0.25) is 0 Å². The number of halogens is 3. The van der Waals surface area contributed by atoms with Crippen LogP contribution in [-0.4, -0.2) is 17.0 Å². The molecule has 0 amide bonds. The fourth-order valence-corrected chi connectivity index (χ4v) is 3.33. The number of nitrogens with one attached hydrogen (secondary N) is 2. The van der Waals surface area contributed by atoms with Crippen molar-refractivity contribution in [3.63, 3.8) is 0 Å². The molecule has 0 bridgehead atoms. The SMILES string of the molecule is CNc1ncc(CNc2nc(-c3ccc(Cl)cc3)cs2)s1.Cl.Cl. The molecule has 9 heteroatoms. The van der Waals surface area contributed by atoms with E-state index in [1.54, 1.807) is 22.7 Å². The van der Waals surface area contributed by atoms with Crippen molar-refractivity contribution in [1.29, 1.82) is 0 Å². The van der Waals surface area contributed by atoms with Crippen molar-refractivity contribution >= 4 is 69.4 Å². The molecule has 3 rings (SSSR count). The zero-order chi connectivity index (χ0) is 14.7. The summed E-state index contributed by atoms with van der Waals surface area (Å²) in [5, 5.41) is 11.0. The zero-order valence-electron chi connectivity index (χ0n) is 12.1. The van der Waals surface area contributed by atoms with Gasteiger partial charge in [-0.1, -0.05) is 23.7 Å². The molecular weight excluding hydrogens is 395 g/mol. The predicted octanol–water partition coefficient (Wildman–Crippen LogP) is 5.42. The smallest absolute Gasteiger partial charge is 0.183 e. The van der Waals surface area contributed by atoms with Crippen LogP contribution in [0.5, 0.6) is 0 Å². The average Bonchev–Trinajstić information content (AvgIpc) is 3.15. The largest absolute Gasteiger partial charge is 0.365 e. The summed E-state index contributed by atoms with van der Waals surface area (Å²) in [7, 11) is 1.87. The Balaban J connectivity index is 0.00000132. The summed E-state index contributed by atoms with van der Waals surface area (Å²) in [6, 6.07) is 7.70. The van der Waals surface area contributed by atoms with Gasteiger partial charge in [0.05, 0.1) is 12.2 Å². The molecule has 124 valence electrons. The average molecular weight is 410 g/mol. The van der Waals surface area contributed by atoms with Gasteiger partial charge in [0.25, 0.3) is 0 Å². The van der Waals surface area contributed by atoms with Gasteiger partial charge in [-0.05, 0) is 12.1 Å². The van der Waals surface area contributed by atoms with Gasteiger partial charge < -0.3 is 10.6 Å². The first-order chi connectivity index (χ1) is 10.2. The van der Waals surface area contributed by atoms with Crippen LogP contribution in [0.3, 0.4) is 0 Å². The summed E-state index contributed by atoms with van der Waals surface area (Å²) >= 11 is 9.12. The highest BCUT2D eigenvalue weighted by atomic mass is 35.5. The third-order valence-electron chi connectivity index (χ3n) is 2.83. The van der Waals surface area contributed by atoms with Crippen LogP contribution in [0.2, 0.25) is 5.02 Å². The van der Waals surface area contributed by atoms with Crippen LogP contribution in [0.25, 0.3) is 11.3 Å². The molecule has 2 N–H and O–H groups in total. The summed E-state index contributed by atoms with van der Waals surface area (Å²) in [5.41, 5.74) is 2.03. The molecule has 0 radical (unpaired) electrons. The van der Waals surface area contributed by atoms with Crippen LogP contribution in [0.1, 0.15) is 4.88 Å². The van der Waals surface area contributed by atoms with E-state index in [9.17, 15) is 0 Å². The van der Waals surface area contributed by atoms with Gasteiger partial charge in [0.2, 0.25) is 0 Å². The highest BCUT2D eigenvalue weighted by molar-refractivity contribution is 7.15. The van der Waals surface area contributed by atoms with E-state index in [0.717, 1.165) is 33.1 Å². The van der Waals surface area contributed by atoms with Crippen molar-refractivity contribution in [1.82, 2.24) is 9.97 Å². The Morgan fingerprint density at radius 3 is 2.52 bits per heavy atom. The minimum absolute atomic E-state index is 0.